The molecule has 9 heteroatoms. The van der Waals surface area contributed by atoms with E-state index in [-0.39, 0.29) is 11.4 Å². The molecule has 0 fully saturated rings. The molecule has 26 heavy (non-hydrogen) atoms. The highest BCUT2D eigenvalue weighted by Crippen LogP contribution is 2.11. The second kappa shape index (κ2) is 6.52. The monoisotopic (exact) mass is 369 g/mol. The summed E-state index contributed by atoms with van der Waals surface area (Å²) in [7, 11) is 0. The first-order valence-electron chi connectivity index (χ1n) is 7.63. The molecule has 4 aromatic rings. The molecule has 3 aromatic heterocycles. The Morgan fingerprint density at radius 3 is 3.04 bits per heavy atom. The molecule has 0 bridgehead atoms. The van der Waals surface area contributed by atoms with Crippen LogP contribution in [-0.4, -0.2) is 25.1 Å². The highest BCUT2D eigenvalue weighted by atomic mass is 32.1. The molecular weight excluding hydrogens is 357 g/mol. The third-order valence-electron chi connectivity index (χ3n) is 3.71. The fourth-order valence-corrected chi connectivity index (χ4v) is 3.19. The van der Waals surface area contributed by atoms with Gasteiger partial charge in [0.2, 0.25) is 0 Å². The van der Waals surface area contributed by atoms with Crippen molar-refractivity contribution in [3.8, 4) is 0 Å². The lowest BCUT2D eigenvalue weighted by Crippen LogP contribution is -2.25. The molecule has 0 aliphatic heterocycles. The van der Waals surface area contributed by atoms with Gasteiger partial charge in [-0.25, -0.2) is 9.37 Å². The molecule has 0 spiro atoms. The van der Waals surface area contributed by atoms with E-state index in [0.29, 0.717) is 17.2 Å². The average Bonchev–Trinajstić information content (AvgIpc) is 3.25. The first-order valence-corrected chi connectivity index (χ1v) is 8.51. The lowest BCUT2D eigenvalue weighted by Gasteiger charge is -2.03. The summed E-state index contributed by atoms with van der Waals surface area (Å²) in [6.45, 7) is 0.360. The molecule has 4 rings (SSSR count). The molecule has 3 heterocycles. The van der Waals surface area contributed by atoms with Gasteiger partial charge in [0.1, 0.15) is 11.4 Å². The first kappa shape index (κ1) is 16.2. The quantitative estimate of drug-likeness (QED) is 0.599. The van der Waals surface area contributed by atoms with Crippen molar-refractivity contribution in [1.29, 1.82) is 0 Å². The summed E-state index contributed by atoms with van der Waals surface area (Å²) >= 11 is 1.31. The fourth-order valence-electron chi connectivity index (χ4n) is 2.52. The Balaban J connectivity index is 1.52. The van der Waals surface area contributed by atoms with Crippen LogP contribution < -0.4 is 10.9 Å². The van der Waals surface area contributed by atoms with E-state index in [9.17, 15) is 14.0 Å². The molecule has 0 aliphatic rings. The van der Waals surface area contributed by atoms with Gasteiger partial charge in [-0.2, -0.15) is 5.10 Å². The zero-order valence-electron chi connectivity index (χ0n) is 13.3. The van der Waals surface area contributed by atoms with Gasteiger partial charge >= 0.3 is 0 Å². The summed E-state index contributed by atoms with van der Waals surface area (Å²) in [5.41, 5.74) is 0.692. The summed E-state index contributed by atoms with van der Waals surface area (Å²) in [6.07, 6.45) is 5.91. The number of nitrogens with one attached hydrogen (secondary N) is 1. The van der Waals surface area contributed by atoms with Gasteiger partial charge in [0.15, 0.2) is 4.96 Å². The number of carbonyl (C=O) groups excluding carboxylic acids is 1. The van der Waals surface area contributed by atoms with Gasteiger partial charge in [-0.1, -0.05) is 12.1 Å². The van der Waals surface area contributed by atoms with Crippen LogP contribution in [0.2, 0.25) is 0 Å². The largest absolute Gasteiger partial charge is 0.319 e. The van der Waals surface area contributed by atoms with Gasteiger partial charge in [0.05, 0.1) is 18.4 Å². The highest BCUT2D eigenvalue weighted by molar-refractivity contribution is 7.15. The van der Waals surface area contributed by atoms with Crippen molar-refractivity contribution in [1.82, 2.24) is 19.2 Å². The number of hydrogen-bond donors (Lipinski definition) is 1. The van der Waals surface area contributed by atoms with E-state index >= 15 is 0 Å². The number of aromatic nitrogens is 4. The molecule has 0 saturated heterocycles. The van der Waals surface area contributed by atoms with E-state index in [4.69, 9.17) is 0 Å². The van der Waals surface area contributed by atoms with Crippen LogP contribution in [0.3, 0.4) is 0 Å². The van der Waals surface area contributed by atoms with Crippen molar-refractivity contribution >= 4 is 27.9 Å². The number of thiazole rings is 1. The normalized spacial score (nSPS) is 11.0. The number of benzene rings is 1. The van der Waals surface area contributed by atoms with Crippen molar-refractivity contribution < 1.29 is 9.18 Å². The number of amides is 1. The van der Waals surface area contributed by atoms with E-state index in [2.05, 4.69) is 15.4 Å². The van der Waals surface area contributed by atoms with Crippen molar-refractivity contribution in [3.05, 3.63) is 81.7 Å². The minimum atomic E-state index is -0.562. The van der Waals surface area contributed by atoms with Crippen LogP contribution >= 0.6 is 11.3 Å². The van der Waals surface area contributed by atoms with Crippen LogP contribution in [0.25, 0.3) is 4.96 Å². The number of rotatable bonds is 4. The number of halogens is 1. The smallest absolute Gasteiger partial charge is 0.271 e. The Hall–Kier alpha value is -3.33. The summed E-state index contributed by atoms with van der Waals surface area (Å²) in [5.74, 6) is -0.881. The molecule has 130 valence electrons. The van der Waals surface area contributed by atoms with Crippen LogP contribution in [0.4, 0.5) is 10.1 Å². The summed E-state index contributed by atoms with van der Waals surface area (Å²) in [4.78, 5) is 29.3. The van der Waals surface area contributed by atoms with Gasteiger partial charge in [0.25, 0.3) is 11.5 Å². The summed E-state index contributed by atoms with van der Waals surface area (Å²) in [6, 6.07) is 6.20. The topological polar surface area (TPSA) is 81.3 Å². The van der Waals surface area contributed by atoms with Crippen LogP contribution in [0, 0.1) is 5.82 Å². The van der Waals surface area contributed by atoms with Gasteiger partial charge in [-0.05, 0) is 17.7 Å². The predicted octanol–water partition coefficient (Wildman–Crippen LogP) is 2.39. The summed E-state index contributed by atoms with van der Waals surface area (Å²) in [5, 5.41) is 8.49. The standard InChI is InChI=1S/C17H12FN5O2S/c18-12-3-1-2-11(6-12)9-22-10-13(7-20-22)21-15(24)14-8-19-17-23(16(14)25)4-5-26-17/h1-8,10H,9H2,(H,21,24). The average molecular weight is 369 g/mol. The number of hydrogen-bond acceptors (Lipinski definition) is 5. The Bertz CT molecular complexity index is 1160. The van der Waals surface area contributed by atoms with E-state index < -0.39 is 11.5 Å². The maximum Gasteiger partial charge on any atom is 0.271 e. The van der Waals surface area contributed by atoms with Crippen molar-refractivity contribution in [3.63, 3.8) is 0 Å². The highest BCUT2D eigenvalue weighted by Gasteiger charge is 2.14. The number of anilines is 1. The fraction of sp³-hybridized carbons (Fsp3) is 0.0588. The Kier molecular flexibility index (Phi) is 4.05. The Morgan fingerprint density at radius 2 is 2.19 bits per heavy atom. The molecule has 1 aromatic carbocycles. The lowest BCUT2D eigenvalue weighted by atomic mass is 10.2. The van der Waals surface area contributed by atoms with Gasteiger partial charge < -0.3 is 5.32 Å². The zero-order chi connectivity index (χ0) is 18.1. The first-order chi connectivity index (χ1) is 12.6. The maximum atomic E-state index is 13.2. The number of carbonyl (C=O) groups is 1. The van der Waals surface area contributed by atoms with E-state index in [1.807, 2.05) is 0 Å². The third-order valence-corrected chi connectivity index (χ3v) is 4.48. The van der Waals surface area contributed by atoms with Crippen LogP contribution in [0.15, 0.2) is 59.2 Å². The lowest BCUT2D eigenvalue weighted by molar-refractivity contribution is 0.102. The molecule has 0 unspecified atom stereocenters. The molecule has 0 aliphatic carbocycles. The minimum Gasteiger partial charge on any atom is -0.319 e. The van der Waals surface area contributed by atoms with Gasteiger partial charge in [-0.3, -0.25) is 18.7 Å². The number of fused-ring (bicyclic) bond motifs is 1. The minimum absolute atomic E-state index is 0.0567. The Morgan fingerprint density at radius 1 is 1.31 bits per heavy atom. The van der Waals surface area contributed by atoms with Gasteiger partial charge in [-0.15, -0.1) is 11.3 Å². The molecule has 0 saturated carbocycles. The molecule has 7 nitrogen and oxygen atoms in total. The Labute approximate surface area is 150 Å². The second-order valence-corrected chi connectivity index (χ2v) is 6.42. The van der Waals surface area contributed by atoms with Crippen molar-refractivity contribution in [2.24, 2.45) is 0 Å². The van der Waals surface area contributed by atoms with Crippen molar-refractivity contribution in [2.75, 3.05) is 5.32 Å². The molecule has 0 atom stereocenters. The molecular formula is C17H12FN5O2S. The second-order valence-electron chi connectivity index (χ2n) is 5.54. The molecule has 1 amide bonds. The SMILES string of the molecule is O=C(Nc1cnn(Cc2cccc(F)c2)c1)c1cnc2sccn2c1=O. The van der Waals surface area contributed by atoms with Crippen LogP contribution in [0.1, 0.15) is 15.9 Å². The maximum absolute atomic E-state index is 13.2. The number of nitrogens with zero attached hydrogens (tertiary/aromatic N) is 4. The predicted molar refractivity (Wildman–Crippen MR) is 95.0 cm³/mol. The summed E-state index contributed by atoms with van der Waals surface area (Å²) < 4.78 is 16.1. The van der Waals surface area contributed by atoms with E-state index in [1.165, 1.54) is 40.3 Å². The molecule has 1 N–H and O–H groups in total. The van der Waals surface area contributed by atoms with Crippen molar-refractivity contribution in [2.45, 2.75) is 6.54 Å². The van der Waals surface area contributed by atoms with E-state index in [1.54, 1.807) is 34.6 Å². The zero-order valence-corrected chi connectivity index (χ0v) is 14.1. The van der Waals surface area contributed by atoms with Gasteiger partial charge in [0, 0.05) is 24.0 Å². The van der Waals surface area contributed by atoms with Crippen LogP contribution in [0.5, 0.6) is 0 Å². The third kappa shape index (κ3) is 3.11. The van der Waals surface area contributed by atoms with E-state index in [0.717, 1.165) is 5.56 Å². The molecule has 0 radical (unpaired) electrons. The van der Waals surface area contributed by atoms with Crippen LogP contribution in [-0.2, 0) is 6.54 Å².